The second kappa shape index (κ2) is 8.31. The summed E-state index contributed by atoms with van der Waals surface area (Å²) >= 11 is 0. The van der Waals surface area contributed by atoms with Gasteiger partial charge in [0.2, 0.25) is 10.0 Å². The Hall–Kier alpha value is -2.53. The van der Waals surface area contributed by atoms with Crippen molar-refractivity contribution in [3.8, 4) is 6.07 Å². The van der Waals surface area contributed by atoms with Crippen molar-refractivity contribution >= 4 is 15.6 Å². The number of benzene rings is 2. The second-order valence-corrected chi connectivity index (χ2v) is 9.55. The molecule has 1 aliphatic heterocycles. The molecule has 0 bridgehead atoms. The quantitative estimate of drug-likeness (QED) is 0.788. The molecule has 2 aromatic carbocycles. The third-order valence-corrected chi connectivity index (χ3v) is 7.91. The SMILES string of the molecule is N#C[C@H]1[C@@H](c2ccccc2C2=CCCCC2)[C@H](CO)N1S(=O)(=O)c1cccc(F)c1. The van der Waals surface area contributed by atoms with E-state index in [2.05, 4.69) is 12.1 Å². The molecule has 1 N–H and O–H groups in total. The monoisotopic (exact) mass is 426 g/mol. The molecule has 0 saturated carbocycles. The van der Waals surface area contributed by atoms with Crippen LogP contribution >= 0.6 is 0 Å². The van der Waals surface area contributed by atoms with Gasteiger partial charge in [0, 0.05) is 5.92 Å². The van der Waals surface area contributed by atoms with Gasteiger partial charge in [-0.05, 0) is 60.6 Å². The fourth-order valence-corrected chi connectivity index (χ4v) is 6.37. The Morgan fingerprint density at radius 1 is 1.17 bits per heavy atom. The summed E-state index contributed by atoms with van der Waals surface area (Å²) in [6, 6.07) is 12.8. The van der Waals surface area contributed by atoms with Gasteiger partial charge in [-0.3, -0.25) is 0 Å². The van der Waals surface area contributed by atoms with E-state index >= 15 is 0 Å². The topological polar surface area (TPSA) is 81.4 Å². The van der Waals surface area contributed by atoms with Crippen LogP contribution in [0.2, 0.25) is 0 Å². The first-order valence-electron chi connectivity index (χ1n) is 10.1. The van der Waals surface area contributed by atoms with E-state index in [0.29, 0.717) is 0 Å². The van der Waals surface area contributed by atoms with Crippen molar-refractivity contribution in [2.45, 2.75) is 48.6 Å². The standard InChI is InChI=1S/C23H23FN2O3S/c24-17-9-6-10-18(13-17)30(28,29)26-21(14-25)23(22(26)15-27)20-12-5-4-11-19(20)16-7-2-1-3-8-16/h4-7,9-13,21-23,27H,1-3,8,15H2/t21-,22-,23+/m0/s1. The van der Waals surface area contributed by atoms with Crippen LogP contribution in [0.15, 0.2) is 59.5 Å². The summed E-state index contributed by atoms with van der Waals surface area (Å²) < 4.78 is 41.0. The van der Waals surface area contributed by atoms with E-state index in [-0.39, 0.29) is 4.90 Å². The molecule has 3 atom stereocenters. The molecule has 1 heterocycles. The van der Waals surface area contributed by atoms with Crippen LogP contribution < -0.4 is 0 Å². The Bertz CT molecular complexity index is 1120. The van der Waals surface area contributed by atoms with Crippen molar-refractivity contribution in [1.29, 1.82) is 5.26 Å². The van der Waals surface area contributed by atoms with Crippen LogP contribution in [0.4, 0.5) is 4.39 Å². The molecule has 7 heteroatoms. The van der Waals surface area contributed by atoms with Crippen LogP contribution in [0.25, 0.3) is 5.57 Å². The molecule has 1 aliphatic carbocycles. The average molecular weight is 427 g/mol. The number of aliphatic hydroxyl groups is 1. The summed E-state index contributed by atoms with van der Waals surface area (Å²) in [6.07, 6.45) is 6.39. The van der Waals surface area contributed by atoms with Crippen LogP contribution in [-0.2, 0) is 10.0 Å². The van der Waals surface area contributed by atoms with Crippen molar-refractivity contribution in [2.24, 2.45) is 0 Å². The Morgan fingerprint density at radius 2 is 1.97 bits per heavy atom. The molecule has 0 radical (unpaired) electrons. The van der Waals surface area contributed by atoms with E-state index in [0.717, 1.165) is 53.2 Å². The number of hydrogen-bond acceptors (Lipinski definition) is 4. The molecule has 1 fully saturated rings. The molecular formula is C23H23FN2O3S. The maximum absolute atomic E-state index is 13.6. The average Bonchev–Trinajstić information content (AvgIpc) is 2.74. The van der Waals surface area contributed by atoms with Gasteiger partial charge in [-0.25, -0.2) is 12.8 Å². The van der Waals surface area contributed by atoms with Crippen LogP contribution in [0.5, 0.6) is 0 Å². The number of aliphatic hydroxyl groups excluding tert-OH is 1. The summed E-state index contributed by atoms with van der Waals surface area (Å²) in [5.74, 6) is -1.13. The lowest BCUT2D eigenvalue weighted by Crippen LogP contribution is -2.65. The first-order chi connectivity index (χ1) is 14.5. The molecule has 1 saturated heterocycles. The molecule has 30 heavy (non-hydrogen) atoms. The van der Waals surface area contributed by atoms with Crippen molar-refractivity contribution in [1.82, 2.24) is 4.31 Å². The van der Waals surface area contributed by atoms with Crippen molar-refractivity contribution in [3.05, 3.63) is 71.6 Å². The summed E-state index contributed by atoms with van der Waals surface area (Å²) in [7, 11) is -4.13. The number of rotatable bonds is 5. The van der Waals surface area contributed by atoms with Gasteiger partial charge in [0.1, 0.15) is 11.9 Å². The number of halogens is 1. The highest BCUT2D eigenvalue weighted by atomic mass is 32.2. The maximum atomic E-state index is 13.6. The van der Waals surface area contributed by atoms with Crippen LogP contribution in [0, 0.1) is 17.1 Å². The Balaban J connectivity index is 1.74. The molecule has 5 nitrogen and oxygen atoms in total. The number of nitrogens with zero attached hydrogens (tertiary/aromatic N) is 2. The smallest absolute Gasteiger partial charge is 0.244 e. The zero-order chi connectivity index (χ0) is 21.3. The summed E-state index contributed by atoms with van der Waals surface area (Å²) in [5.41, 5.74) is 3.10. The minimum atomic E-state index is -4.13. The fraction of sp³-hybridized carbons (Fsp3) is 0.348. The van der Waals surface area contributed by atoms with Gasteiger partial charge >= 0.3 is 0 Å². The first-order valence-corrected chi connectivity index (χ1v) is 11.5. The maximum Gasteiger partial charge on any atom is 0.244 e. The van der Waals surface area contributed by atoms with Gasteiger partial charge in [0.25, 0.3) is 0 Å². The lowest BCUT2D eigenvalue weighted by molar-refractivity contribution is 0.0555. The Labute approximate surface area is 176 Å². The highest BCUT2D eigenvalue weighted by molar-refractivity contribution is 7.89. The van der Waals surface area contributed by atoms with Crippen LogP contribution in [0.3, 0.4) is 0 Å². The molecule has 156 valence electrons. The number of allylic oxidation sites excluding steroid dienone is 2. The van der Waals surface area contributed by atoms with E-state index in [1.807, 2.05) is 24.3 Å². The predicted molar refractivity (Wildman–Crippen MR) is 111 cm³/mol. The predicted octanol–water partition coefficient (Wildman–Crippen LogP) is 3.82. The molecule has 4 rings (SSSR count). The van der Waals surface area contributed by atoms with Crippen molar-refractivity contribution in [3.63, 3.8) is 0 Å². The van der Waals surface area contributed by atoms with Crippen LogP contribution in [-0.4, -0.2) is 36.5 Å². The zero-order valence-electron chi connectivity index (χ0n) is 16.4. The van der Waals surface area contributed by atoms with E-state index in [9.17, 15) is 23.2 Å². The molecule has 0 aromatic heterocycles. The van der Waals surface area contributed by atoms with Gasteiger partial charge in [-0.15, -0.1) is 0 Å². The van der Waals surface area contributed by atoms with Gasteiger partial charge < -0.3 is 5.11 Å². The van der Waals surface area contributed by atoms with Gasteiger partial charge in [-0.1, -0.05) is 36.4 Å². The second-order valence-electron chi connectivity index (χ2n) is 7.70. The molecule has 0 amide bonds. The molecule has 2 aromatic rings. The zero-order valence-corrected chi connectivity index (χ0v) is 17.2. The number of hydrogen-bond donors (Lipinski definition) is 1. The minimum absolute atomic E-state index is 0.220. The third-order valence-electron chi connectivity index (χ3n) is 6.00. The van der Waals surface area contributed by atoms with E-state index < -0.39 is 40.4 Å². The summed E-state index contributed by atoms with van der Waals surface area (Å²) in [5, 5.41) is 19.9. The van der Waals surface area contributed by atoms with Gasteiger partial charge in [0.15, 0.2) is 0 Å². The van der Waals surface area contributed by atoms with Gasteiger partial charge in [-0.2, -0.15) is 9.57 Å². The largest absolute Gasteiger partial charge is 0.395 e. The summed E-state index contributed by atoms with van der Waals surface area (Å²) in [6.45, 7) is -0.426. The van der Waals surface area contributed by atoms with Gasteiger partial charge in [0.05, 0.1) is 23.6 Å². The van der Waals surface area contributed by atoms with Crippen molar-refractivity contribution < 1.29 is 17.9 Å². The Kier molecular flexibility index (Phi) is 5.74. The lowest BCUT2D eigenvalue weighted by atomic mass is 9.74. The van der Waals surface area contributed by atoms with E-state index in [1.54, 1.807) is 0 Å². The van der Waals surface area contributed by atoms with E-state index in [4.69, 9.17) is 0 Å². The fourth-order valence-electron chi connectivity index (χ4n) is 4.58. The molecule has 0 spiro atoms. The number of nitriles is 1. The molecule has 0 unspecified atom stereocenters. The normalized spacial score (nSPS) is 24.6. The third kappa shape index (κ3) is 3.45. The lowest BCUT2D eigenvalue weighted by Gasteiger charge is -2.50. The Morgan fingerprint density at radius 3 is 2.63 bits per heavy atom. The minimum Gasteiger partial charge on any atom is -0.395 e. The highest BCUT2D eigenvalue weighted by Gasteiger charge is 2.55. The van der Waals surface area contributed by atoms with E-state index in [1.165, 1.54) is 17.7 Å². The first kappa shape index (κ1) is 20.7. The van der Waals surface area contributed by atoms with Crippen molar-refractivity contribution in [2.75, 3.05) is 6.61 Å². The number of sulfonamides is 1. The summed E-state index contributed by atoms with van der Waals surface area (Å²) in [4.78, 5) is -0.220. The molecular weight excluding hydrogens is 403 g/mol. The highest BCUT2D eigenvalue weighted by Crippen LogP contribution is 2.46. The molecule has 2 aliphatic rings. The van der Waals surface area contributed by atoms with Crippen LogP contribution in [0.1, 0.15) is 42.7 Å².